The van der Waals surface area contributed by atoms with Crippen molar-refractivity contribution in [3.8, 4) is 5.75 Å². The Bertz CT molecular complexity index is 959. The van der Waals surface area contributed by atoms with E-state index in [9.17, 15) is 4.79 Å². The summed E-state index contributed by atoms with van der Waals surface area (Å²) in [6, 6.07) is 11.4. The number of rotatable bonds is 5. The Morgan fingerprint density at radius 3 is 2.62 bits per heavy atom. The number of benzene rings is 2. The van der Waals surface area contributed by atoms with Crippen LogP contribution >= 0.6 is 46.4 Å². The van der Waals surface area contributed by atoms with Crippen LogP contribution in [0.5, 0.6) is 5.75 Å². The summed E-state index contributed by atoms with van der Waals surface area (Å²) in [5.41, 5.74) is 0.734. The molecular formula is C17H11Cl4N3O2. The maximum atomic E-state index is 12.3. The molecule has 1 heterocycles. The highest BCUT2D eigenvalue weighted by atomic mass is 35.5. The van der Waals surface area contributed by atoms with Crippen LogP contribution in [-0.2, 0) is 6.73 Å². The highest BCUT2D eigenvalue weighted by Gasteiger charge is 2.12. The number of aromatic nitrogens is 2. The molecule has 0 bridgehead atoms. The van der Waals surface area contributed by atoms with Gasteiger partial charge in [-0.15, -0.1) is 0 Å². The average molecular weight is 431 g/mol. The van der Waals surface area contributed by atoms with Crippen LogP contribution in [0.1, 0.15) is 10.5 Å². The first-order valence-electron chi connectivity index (χ1n) is 7.30. The lowest BCUT2D eigenvalue weighted by Gasteiger charge is -2.08. The first-order chi connectivity index (χ1) is 12.4. The lowest BCUT2D eigenvalue weighted by Crippen LogP contribution is -2.14. The van der Waals surface area contributed by atoms with Crippen LogP contribution < -0.4 is 10.1 Å². The number of hydrogen-bond acceptors (Lipinski definition) is 3. The van der Waals surface area contributed by atoms with Gasteiger partial charge >= 0.3 is 0 Å². The zero-order valence-corrected chi connectivity index (χ0v) is 16.1. The fourth-order valence-corrected chi connectivity index (χ4v) is 2.70. The summed E-state index contributed by atoms with van der Waals surface area (Å²) in [5, 5.41) is 8.32. The number of carbonyl (C=O) groups excluding carboxylic acids is 1. The molecule has 0 radical (unpaired) electrons. The summed E-state index contributed by atoms with van der Waals surface area (Å²) in [6.45, 7) is 0.0696. The summed E-state index contributed by atoms with van der Waals surface area (Å²) < 4.78 is 7.02. The molecule has 0 aliphatic rings. The topological polar surface area (TPSA) is 56.2 Å². The number of carbonyl (C=O) groups is 1. The molecule has 0 unspecified atom stereocenters. The summed E-state index contributed by atoms with van der Waals surface area (Å²) in [7, 11) is 0. The summed E-state index contributed by atoms with van der Waals surface area (Å²) >= 11 is 23.8. The van der Waals surface area contributed by atoms with E-state index in [0.717, 1.165) is 0 Å². The van der Waals surface area contributed by atoms with Crippen LogP contribution in [0.2, 0.25) is 20.1 Å². The number of nitrogens with one attached hydrogen (secondary N) is 1. The van der Waals surface area contributed by atoms with Gasteiger partial charge in [-0.1, -0.05) is 52.5 Å². The van der Waals surface area contributed by atoms with Gasteiger partial charge in [-0.25, -0.2) is 4.68 Å². The molecule has 0 aliphatic heterocycles. The van der Waals surface area contributed by atoms with Crippen molar-refractivity contribution in [2.24, 2.45) is 0 Å². The predicted molar refractivity (Wildman–Crippen MR) is 104 cm³/mol. The molecule has 1 aromatic heterocycles. The fraction of sp³-hybridized carbons (Fsp3) is 0.0588. The number of halogens is 4. The first kappa shape index (κ1) is 18.9. The van der Waals surface area contributed by atoms with Gasteiger partial charge in [0, 0.05) is 11.9 Å². The summed E-state index contributed by atoms with van der Waals surface area (Å²) in [6.07, 6.45) is 1.61. The number of anilines is 1. The van der Waals surface area contributed by atoms with Gasteiger partial charge in [0.25, 0.3) is 5.91 Å². The van der Waals surface area contributed by atoms with Crippen molar-refractivity contribution in [2.45, 2.75) is 6.73 Å². The third-order valence-corrected chi connectivity index (χ3v) is 4.86. The third-order valence-electron chi connectivity index (χ3n) is 3.32. The third kappa shape index (κ3) is 4.43. The lowest BCUT2D eigenvalue weighted by molar-refractivity contribution is 0.102. The van der Waals surface area contributed by atoms with E-state index in [1.54, 1.807) is 48.7 Å². The summed E-state index contributed by atoms with van der Waals surface area (Å²) in [5.74, 6) is 0.0411. The van der Waals surface area contributed by atoms with Crippen molar-refractivity contribution in [1.29, 1.82) is 0 Å². The molecule has 26 heavy (non-hydrogen) atoms. The fourth-order valence-electron chi connectivity index (χ4n) is 2.05. The number of nitrogens with zero attached hydrogens (tertiary/aromatic N) is 2. The zero-order valence-electron chi connectivity index (χ0n) is 13.0. The molecule has 3 aromatic rings. The van der Waals surface area contributed by atoms with Crippen molar-refractivity contribution in [2.75, 3.05) is 5.32 Å². The molecule has 0 atom stereocenters. The van der Waals surface area contributed by atoms with E-state index in [1.807, 2.05) is 0 Å². The van der Waals surface area contributed by atoms with E-state index >= 15 is 0 Å². The molecule has 5 nitrogen and oxygen atoms in total. The first-order valence-corrected chi connectivity index (χ1v) is 8.82. The van der Waals surface area contributed by atoms with Crippen molar-refractivity contribution in [3.63, 3.8) is 0 Å². The normalized spacial score (nSPS) is 10.6. The van der Waals surface area contributed by atoms with Crippen LogP contribution in [0, 0.1) is 0 Å². The Labute approximate surface area is 169 Å². The van der Waals surface area contributed by atoms with Gasteiger partial charge < -0.3 is 10.1 Å². The second-order valence-electron chi connectivity index (χ2n) is 5.15. The molecule has 2 aromatic carbocycles. The molecule has 3 rings (SSSR count). The molecular weight excluding hydrogens is 420 g/mol. The second-order valence-corrected chi connectivity index (χ2v) is 6.75. The van der Waals surface area contributed by atoms with Gasteiger partial charge in [0.15, 0.2) is 12.4 Å². The monoisotopic (exact) mass is 429 g/mol. The van der Waals surface area contributed by atoms with Gasteiger partial charge in [0.2, 0.25) is 0 Å². The van der Waals surface area contributed by atoms with Crippen LogP contribution in [0.15, 0.2) is 48.7 Å². The molecule has 0 aliphatic carbocycles. The predicted octanol–water partition coefficient (Wildman–Crippen LogP) is 5.79. The average Bonchev–Trinajstić information content (AvgIpc) is 3.09. The Kier molecular flexibility index (Phi) is 5.94. The maximum absolute atomic E-state index is 12.3. The van der Waals surface area contributed by atoms with Crippen molar-refractivity contribution in [1.82, 2.24) is 9.78 Å². The van der Waals surface area contributed by atoms with Crippen molar-refractivity contribution < 1.29 is 9.53 Å². The van der Waals surface area contributed by atoms with E-state index in [4.69, 9.17) is 51.1 Å². The number of hydrogen-bond donors (Lipinski definition) is 1. The summed E-state index contributed by atoms with van der Waals surface area (Å²) in [4.78, 5) is 12.3. The molecule has 1 N–H and O–H groups in total. The van der Waals surface area contributed by atoms with Gasteiger partial charge in [-0.05, 0) is 36.4 Å². The van der Waals surface area contributed by atoms with Crippen LogP contribution in [0.3, 0.4) is 0 Å². The van der Waals surface area contributed by atoms with Gasteiger partial charge in [0.05, 0.1) is 15.1 Å². The molecule has 9 heteroatoms. The molecule has 0 saturated heterocycles. The highest BCUT2D eigenvalue weighted by molar-refractivity contribution is 6.43. The minimum atomic E-state index is -0.386. The maximum Gasteiger partial charge on any atom is 0.276 e. The SMILES string of the molecule is O=C(Nc1ccc(Cl)c(Cl)c1)c1ccn(COc2cccc(Cl)c2Cl)n1. The van der Waals surface area contributed by atoms with Gasteiger partial charge in [0.1, 0.15) is 10.8 Å². The van der Waals surface area contributed by atoms with Gasteiger partial charge in [-0.2, -0.15) is 5.10 Å². The molecule has 1 amide bonds. The molecule has 0 fully saturated rings. The Hall–Kier alpha value is -1.92. The van der Waals surface area contributed by atoms with Gasteiger partial charge in [-0.3, -0.25) is 4.79 Å². The van der Waals surface area contributed by atoms with E-state index in [1.165, 1.54) is 4.68 Å². The Morgan fingerprint density at radius 1 is 1.04 bits per heavy atom. The van der Waals surface area contributed by atoms with E-state index < -0.39 is 0 Å². The van der Waals surface area contributed by atoms with Crippen molar-refractivity contribution >= 4 is 58.0 Å². The Morgan fingerprint density at radius 2 is 1.85 bits per heavy atom. The van der Waals surface area contributed by atoms with E-state index in [-0.39, 0.29) is 18.3 Å². The van der Waals surface area contributed by atoms with Crippen LogP contribution in [0.25, 0.3) is 0 Å². The molecule has 134 valence electrons. The molecule has 0 saturated carbocycles. The lowest BCUT2D eigenvalue weighted by atomic mass is 10.3. The van der Waals surface area contributed by atoms with Crippen LogP contribution in [0.4, 0.5) is 5.69 Å². The quantitative estimate of drug-likeness (QED) is 0.557. The number of ether oxygens (including phenoxy) is 1. The number of amides is 1. The smallest absolute Gasteiger partial charge is 0.276 e. The van der Waals surface area contributed by atoms with Crippen molar-refractivity contribution in [3.05, 3.63) is 74.4 Å². The Balaban J connectivity index is 1.64. The highest BCUT2D eigenvalue weighted by Crippen LogP contribution is 2.31. The minimum Gasteiger partial charge on any atom is -0.470 e. The molecule has 0 spiro atoms. The zero-order chi connectivity index (χ0) is 18.7. The van der Waals surface area contributed by atoms with E-state index in [0.29, 0.717) is 31.5 Å². The van der Waals surface area contributed by atoms with E-state index in [2.05, 4.69) is 10.4 Å². The second kappa shape index (κ2) is 8.18. The minimum absolute atomic E-state index is 0.0696. The van der Waals surface area contributed by atoms with Crippen LogP contribution in [-0.4, -0.2) is 15.7 Å². The largest absolute Gasteiger partial charge is 0.470 e. The standard InChI is InChI=1S/C17H11Cl4N3O2/c18-11-5-4-10(8-13(11)20)22-17(25)14-6-7-24(23-14)9-26-15-3-1-2-12(19)16(15)21/h1-8H,9H2,(H,22,25).